The predicted octanol–water partition coefficient (Wildman–Crippen LogP) is 3.43. The number of pyridine rings is 1. The second-order valence-corrected chi connectivity index (χ2v) is 4.65. The summed E-state index contributed by atoms with van der Waals surface area (Å²) in [5, 5.41) is 4.00. The van der Waals surface area contributed by atoms with E-state index in [1.54, 1.807) is 16.7 Å². The van der Waals surface area contributed by atoms with Crippen LogP contribution in [0.15, 0.2) is 36.7 Å². The summed E-state index contributed by atoms with van der Waals surface area (Å²) in [5.74, 6) is 0.378. The second kappa shape index (κ2) is 4.62. The topological polar surface area (TPSA) is 35.1 Å². The van der Waals surface area contributed by atoms with Crippen molar-refractivity contribution in [3.05, 3.63) is 48.0 Å². The van der Waals surface area contributed by atoms with Crippen molar-refractivity contribution in [2.45, 2.75) is 11.5 Å². The van der Waals surface area contributed by atoms with Crippen LogP contribution in [0, 0.1) is 0 Å². The molecule has 0 aliphatic rings. The van der Waals surface area contributed by atoms with E-state index < -0.39 is 11.9 Å². The molecule has 0 saturated carbocycles. The quantitative estimate of drug-likeness (QED) is 0.667. The molecule has 3 heterocycles. The van der Waals surface area contributed by atoms with E-state index in [9.17, 15) is 13.2 Å². The summed E-state index contributed by atoms with van der Waals surface area (Å²) in [5.41, 5.74) is 0.452. The first kappa shape index (κ1) is 13.2. The van der Waals surface area contributed by atoms with Crippen molar-refractivity contribution in [3.8, 4) is 5.82 Å². The van der Waals surface area contributed by atoms with Gasteiger partial charge in [0.2, 0.25) is 0 Å². The number of fused-ring (bicyclic) bond motifs is 1. The SMILES string of the molecule is FC(F)(F)c1ccn(-c2nc3ccccn3c2CBr)n1. The molecule has 0 aromatic carbocycles. The van der Waals surface area contributed by atoms with Crippen LogP contribution in [0.1, 0.15) is 11.4 Å². The van der Waals surface area contributed by atoms with Crippen LogP contribution in [-0.2, 0) is 11.5 Å². The monoisotopic (exact) mass is 344 g/mol. The van der Waals surface area contributed by atoms with Gasteiger partial charge in [-0.2, -0.15) is 18.3 Å². The molecule has 0 unspecified atom stereocenters. The molecular formula is C12H8BrF3N4. The maximum atomic E-state index is 12.6. The summed E-state index contributed by atoms with van der Waals surface area (Å²) in [6.45, 7) is 0. The van der Waals surface area contributed by atoms with Crippen molar-refractivity contribution < 1.29 is 13.2 Å². The van der Waals surface area contributed by atoms with Gasteiger partial charge < -0.3 is 4.40 Å². The van der Waals surface area contributed by atoms with Crippen LogP contribution < -0.4 is 0 Å². The largest absolute Gasteiger partial charge is 0.435 e. The van der Waals surface area contributed by atoms with E-state index in [0.717, 1.165) is 16.4 Å². The summed E-state index contributed by atoms with van der Waals surface area (Å²) < 4.78 is 40.7. The molecule has 0 atom stereocenters. The van der Waals surface area contributed by atoms with Crippen LogP contribution in [0.4, 0.5) is 13.2 Å². The van der Waals surface area contributed by atoms with Gasteiger partial charge in [-0.3, -0.25) is 0 Å². The molecule has 8 heteroatoms. The van der Waals surface area contributed by atoms with Crippen molar-refractivity contribution in [2.75, 3.05) is 0 Å². The third kappa shape index (κ3) is 2.09. The lowest BCUT2D eigenvalue weighted by Crippen LogP contribution is -2.08. The molecule has 3 aromatic heterocycles. The maximum Gasteiger partial charge on any atom is 0.435 e. The van der Waals surface area contributed by atoms with Gasteiger partial charge in [0, 0.05) is 17.7 Å². The number of alkyl halides is 4. The molecule has 0 N–H and O–H groups in total. The average molecular weight is 345 g/mol. The van der Waals surface area contributed by atoms with Crippen LogP contribution in [0.3, 0.4) is 0 Å². The highest BCUT2D eigenvalue weighted by Gasteiger charge is 2.34. The first-order valence-electron chi connectivity index (χ1n) is 5.66. The zero-order chi connectivity index (χ0) is 14.3. The zero-order valence-corrected chi connectivity index (χ0v) is 11.6. The molecule has 104 valence electrons. The normalized spacial score (nSPS) is 12.2. The van der Waals surface area contributed by atoms with E-state index in [4.69, 9.17) is 0 Å². The minimum atomic E-state index is -4.46. The van der Waals surface area contributed by atoms with E-state index in [2.05, 4.69) is 26.0 Å². The Balaban J connectivity index is 2.17. The molecule has 3 rings (SSSR count). The number of nitrogens with zero attached hydrogens (tertiary/aromatic N) is 4. The molecule has 0 fully saturated rings. The Morgan fingerprint density at radius 2 is 1.95 bits per heavy atom. The minimum absolute atomic E-state index is 0.378. The van der Waals surface area contributed by atoms with E-state index in [0.29, 0.717) is 16.8 Å². The highest BCUT2D eigenvalue weighted by atomic mass is 79.9. The van der Waals surface area contributed by atoms with Crippen LogP contribution in [-0.4, -0.2) is 19.2 Å². The van der Waals surface area contributed by atoms with Gasteiger partial charge in [0.05, 0.1) is 5.69 Å². The molecule has 0 aliphatic heterocycles. The number of hydrogen-bond acceptors (Lipinski definition) is 2. The Morgan fingerprint density at radius 1 is 1.15 bits per heavy atom. The standard InChI is InChI=1S/C12H8BrF3N4/c13-7-8-11(17-10-3-1-2-5-19(8)10)20-6-4-9(18-20)12(14,15)16/h1-6H,7H2. The third-order valence-corrected chi connectivity index (χ3v) is 3.36. The van der Waals surface area contributed by atoms with Gasteiger partial charge in [-0.1, -0.05) is 22.0 Å². The van der Waals surface area contributed by atoms with Crippen LogP contribution in [0.2, 0.25) is 0 Å². The Morgan fingerprint density at radius 3 is 2.60 bits per heavy atom. The highest BCUT2D eigenvalue weighted by Crippen LogP contribution is 2.28. The summed E-state index contributed by atoms with van der Waals surface area (Å²) in [7, 11) is 0. The molecule has 4 nitrogen and oxygen atoms in total. The molecular weight excluding hydrogens is 337 g/mol. The van der Waals surface area contributed by atoms with Gasteiger partial charge in [0.25, 0.3) is 0 Å². The fourth-order valence-electron chi connectivity index (χ4n) is 1.93. The van der Waals surface area contributed by atoms with Crippen molar-refractivity contribution in [1.29, 1.82) is 0 Å². The minimum Gasteiger partial charge on any atom is -0.301 e. The molecule has 0 aliphatic carbocycles. The number of imidazole rings is 1. The van der Waals surface area contributed by atoms with Crippen molar-refractivity contribution >= 4 is 21.6 Å². The van der Waals surface area contributed by atoms with Gasteiger partial charge >= 0.3 is 6.18 Å². The van der Waals surface area contributed by atoms with E-state index in [-0.39, 0.29) is 0 Å². The van der Waals surface area contributed by atoms with Gasteiger partial charge in [0.1, 0.15) is 5.65 Å². The Hall–Kier alpha value is -1.83. The molecule has 3 aromatic rings. The van der Waals surface area contributed by atoms with Gasteiger partial charge in [-0.05, 0) is 18.2 Å². The van der Waals surface area contributed by atoms with Crippen molar-refractivity contribution in [3.63, 3.8) is 0 Å². The second-order valence-electron chi connectivity index (χ2n) is 4.09. The Kier molecular flexibility index (Phi) is 3.04. The lowest BCUT2D eigenvalue weighted by molar-refractivity contribution is -0.141. The van der Waals surface area contributed by atoms with Gasteiger partial charge in [-0.15, -0.1) is 0 Å². The highest BCUT2D eigenvalue weighted by molar-refractivity contribution is 9.08. The van der Waals surface area contributed by atoms with E-state index in [1.807, 2.05) is 12.1 Å². The predicted molar refractivity (Wildman–Crippen MR) is 69.9 cm³/mol. The lowest BCUT2D eigenvalue weighted by Gasteiger charge is -2.02. The molecule has 0 spiro atoms. The third-order valence-electron chi connectivity index (χ3n) is 2.83. The van der Waals surface area contributed by atoms with Gasteiger partial charge in [0.15, 0.2) is 11.5 Å². The van der Waals surface area contributed by atoms with Crippen LogP contribution in [0.5, 0.6) is 0 Å². The molecule has 0 bridgehead atoms. The van der Waals surface area contributed by atoms with Crippen LogP contribution in [0.25, 0.3) is 11.5 Å². The number of rotatable bonds is 2. The average Bonchev–Trinajstić information content (AvgIpc) is 3.02. The molecule has 20 heavy (non-hydrogen) atoms. The van der Waals surface area contributed by atoms with E-state index in [1.165, 1.54) is 6.20 Å². The zero-order valence-electron chi connectivity index (χ0n) is 9.97. The smallest absolute Gasteiger partial charge is 0.301 e. The molecule has 0 saturated heterocycles. The summed E-state index contributed by atoms with van der Waals surface area (Å²) in [6, 6.07) is 6.36. The Labute approximate surface area is 120 Å². The molecule has 0 radical (unpaired) electrons. The summed E-state index contributed by atoms with van der Waals surface area (Å²) >= 11 is 3.33. The lowest BCUT2D eigenvalue weighted by atomic mass is 10.4. The summed E-state index contributed by atoms with van der Waals surface area (Å²) in [6.07, 6.45) is -1.40. The van der Waals surface area contributed by atoms with Crippen LogP contribution >= 0.6 is 15.9 Å². The van der Waals surface area contributed by atoms with E-state index >= 15 is 0 Å². The summed E-state index contributed by atoms with van der Waals surface area (Å²) in [4.78, 5) is 4.32. The number of hydrogen-bond donors (Lipinski definition) is 0. The number of aromatic nitrogens is 4. The maximum absolute atomic E-state index is 12.6. The van der Waals surface area contributed by atoms with Crippen molar-refractivity contribution in [1.82, 2.24) is 19.2 Å². The fourth-order valence-corrected chi connectivity index (χ4v) is 2.46. The fraction of sp³-hybridized carbons (Fsp3) is 0.167. The van der Waals surface area contributed by atoms with Gasteiger partial charge in [-0.25, -0.2) is 9.67 Å². The number of halogens is 4. The molecule has 0 amide bonds. The first-order chi connectivity index (χ1) is 9.50. The Bertz CT molecular complexity index is 759. The first-order valence-corrected chi connectivity index (χ1v) is 6.78. The van der Waals surface area contributed by atoms with Crippen molar-refractivity contribution in [2.24, 2.45) is 0 Å².